The Bertz CT molecular complexity index is 3610. The van der Waals surface area contributed by atoms with E-state index >= 15 is 0 Å². The van der Waals surface area contributed by atoms with Crippen molar-refractivity contribution in [1.29, 1.82) is 0 Å². The van der Waals surface area contributed by atoms with Crippen molar-refractivity contribution in [2.75, 3.05) is 9.80 Å². The van der Waals surface area contributed by atoms with Gasteiger partial charge in [0.1, 0.15) is 11.2 Å². The molecular weight excluding hydrogens is 781 g/mol. The van der Waals surface area contributed by atoms with Gasteiger partial charge in [0.05, 0.1) is 11.4 Å². The van der Waals surface area contributed by atoms with Crippen LogP contribution in [0.5, 0.6) is 0 Å². The maximum absolute atomic E-state index is 6.61. The molecule has 0 radical (unpaired) electrons. The average molecular weight is 821 g/mol. The Morgan fingerprint density at radius 1 is 0.234 bits per heavy atom. The number of benzene rings is 10. The van der Waals surface area contributed by atoms with E-state index in [1.54, 1.807) is 0 Å². The van der Waals surface area contributed by atoms with Crippen molar-refractivity contribution < 1.29 is 8.83 Å². The zero-order chi connectivity index (χ0) is 42.4. The van der Waals surface area contributed by atoms with Crippen LogP contribution < -0.4 is 9.80 Å². The minimum Gasteiger partial charge on any atom is -0.454 e. The Balaban J connectivity index is 0.975. The summed E-state index contributed by atoms with van der Waals surface area (Å²) >= 11 is 0. The fourth-order valence-corrected chi connectivity index (χ4v) is 9.21. The smallest absolute Gasteiger partial charge is 0.159 e. The second-order valence-corrected chi connectivity index (χ2v) is 16.1. The van der Waals surface area contributed by atoms with E-state index in [4.69, 9.17) is 8.83 Å². The Kier molecular flexibility index (Phi) is 9.12. The van der Waals surface area contributed by atoms with E-state index in [1.165, 1.54) is 0 Å². The first-order valence-electron chi connectivity index (χ1n) is 21.7. The van der Waals surface area contributed by atoms with Gasteiger partial charge in [0, 0.05) is 44.3 Å². The number of anilines is 6. The first-order valence-corrected chi connectivity index (χ1v) is 21.7. The van der Waals surface area contributed by atoms with Crippen molar-refractivity contribution >= 4 is 78.0 Å². The molecule has 0 fully saturated rings. The minimum absolute atomic E-state index is 0.856. The molecule has 0 aliphatic carbocycles. The summed E-state index contributed by atoms with van der Waals surface area (Å²) in [6.07, 6.45) is 0. The first-order chi connectivity index (χ1) is 31.7. The van der Waals surface area contributed by atoms with Crippen molar-refractivity contribution in [2.24, 2.45) is 0 Å². The van der Waals surface area contributed by atoms with Crippen LogP contribution in [0.1, 0.15) is 0 Å². The molecule has 0 aliphatic rings. The van der Waals surface area contributed by atoms with E-state index in [9.17, 15) is 0 Å². The summed E-state index contributed by atoms with van der Waals surface area (Å²) in [5, 5.41) is 4.41. The van der Waals surface area contributed by atoms with E-state index in [0.717, 1.165) is 111 Å². The average Bonchev–Trinajstić information content (AvgIpc) is 3.95. The molecule has 0 bridgehead atoms. The molecule has 10 aromatic carbocycles. The second kappa shape index (κ2) is 15.7. The summed E-state index contributed by atoms with van der Waals surface area (Å²) in [6, 6.07) is 85.7. The molecule has 302 valence electrons. The van der Waals surface area contributed by atoms with Gasteiger partial charge in [-0.05, 0) is 124 Å². The van der Waals surface area contributed by atoms with Gasteiger partial charge in [-0.3, -0.25) is 0 Å². The Morgan fingerprint density at radius 3 is 1.16 bits per heavy atom. The number of para-hydroxylation sites is 6. The van der Waals surface area contributed by atoms with Crippen molar-refractivity contribution in [3.8, 4) is 33.4 Å². The SMILES string of the molecule is c1ccc(-c2cc(-c3ccc(N(c4ccccc4)c4cccc5c4oc4ccccc45)cc3)cc(-c3cccc(N(c4ccccc4)c4cccc5c4oc4ccccc45)c3)c2)cc1. The molecule has 0 aliphatic heterocycles. The van der Waals surface area contributed by atoms with Crippen molar-refractivity contribution in [3.63, 3.8) is 0 Å². The molecule has 0 amide bonds. The van der Waals surface area contributed by atoms with Crippen LogP contribution in [0.25, 0.3) is 77.3 Å². The third-order valence-corrected chi connectivity index (χ3v) is 12.2. The highest BCUT2D eigenvalue weighted by Crippen LogP contribution is 2.45. The van der Waals surface area contributed by atoms with E-state index < -0.39 is 0 Å². The van der Waals surface area contributed by atoms with Gasteiger partial charge in [-0.15, -0.1) is 0 Å². The van der Waals surface area contributed by atoms with E-state index in [2.05, 4.69) is 228 Å². The molecule has 0 unspecified atom stereocenters. The molecule has 0 atom stereocenters. The third kappa shape index (κ3) is 6.57. The van der Waals surface area contributed by atoms with Crippen LogP contribution in [0.15, 0.2) is 251 Å². The predicted molar refractivity (Wildman–Crippen MR) is 267 cm³/mol. The highest BCUT2D eigenvalue weighted by Gasteiger charge is 2.21. The number of hydrogen-bond donors (Lipinski definition) is 0. The summed E-state index contributed by atoms with van der Waals surface area (Å²) in [6.45, 7) is 0. The molecule has 12 rings (SSSR count). The van der Waals surface area contributed by atoms with Crippen molar-refractivity contribution in [1.82, 2.24) is 0 Å². The highest BCUT2D eigenvalue weighted by molar-refractivity contribution is 6.11. The standard InChI is InChI=1S/C60H40N2O2/c1-4-17-41(18-5-1)44-37-45(42-33-35-49(36-34-42)61(47-20-6-2-7-21-47)55-29-15-27-53-51-25-10-12-31-57(51)63-59(53)55)39-46(38-44)43-19-14-24-50(40-43)62(48-22-8-3-9-23-48)56-30-16-28-54-52-26-11-13-32-58(52)64-60(54)56/h1-40H. The fourth-order valence-electron chi connectivity index (χ4n) is 9.21. The molecule has 4 nitrogen and oxygen atoms in total. The fraction of sp³-hybridized carbons (Fsp3) is 0. The quantitative estimate of drug-likeness (QED) is 0.145. The summed E-state index contributed by atoms with van der Waals surface area (Å²) in [4.78, 5) is 4.59. The number of hydrogen-bond acceptors (Lipinski definition) is 4. The van der Waals surface area contributed by atoms with Crippen LogP contribution in [0.4, 0.5) is 34.1 Å². The number of fused-ring (bicyclic) bond motifs is 6. The normalized spacial score (nSPS) is 11.4. The van der Waals surface area contributed by atoms with Gasteiger partial charge in [0.2, 0.25) is 0 Å². The van der Waals surface area contributed by atoms with Gasteiger partial charge < -0.3 is 18.6 Å². The molecule has 2 heterocycles. The maximum atomic E-state index is 6.61. The first kappa shape index (κ1) is 37.2. The lowest BCUT2D eigenvalue weighted by atomic mass is 9.93. The van der Waals surface area contributed by atoms with Crippen LogP contribution in [-0.2, 0) is 0 Å². The zero-order valence-electron chi connectivity index (χ0n) is 34.8. The van der Waals surface area contributed by atoms with E-state index in [1.807, 2.05) is 24.3 Å². The maximum Gasteiger partial charge on any atom is 0.159 e. The molecular formula is C60H40N2O2. The second-order valence-electron chi connectivity index (χ2n) is 16.1. The molecule has 0 saturated heterocycles. The number of furan rings is 2. The molecule has 2 aromatic heterocycles. The zero-order valence-corrected chi connectivity index (χ0v) is 34.8. The molecule has 0 N–H and O–H groups in total. The van der Waals surface area contributed by atoms with Crippen molar-refractivity contribution in [3.05, 3.63) is 243 Å². The molecule has 0 spiro atoms. The Hall–Kier alpha value is -8.60. The van der Waals surface area contributed by atoms with Crippen LogP contribution in [-0.4, -0.2) is 0 Å². The largest absolute Gasteiger partial charge is 0.454 e. The minimum atomic E-state index is 0.856. The van der Waals surface area contributed by atoms with Crippen LogP contribution >= 0.6 is 0 Å². The summed E-state index contributed by atoms with van der Waals surface area (Å²) in [5.41, 5.74) is 16.4. The third-order valence-electron chi connectivity index (χ3n) is 12.2. The highest BCUT2D eigenvalue weighted by atomic mass is 16.3. The lowest BCUT2D eigenvalue weighted by molar-refractivity contribution is 0.668. The predicted octanol–water partition coefficient (Wildman–Crippen LogP) is 17.4. The Morgan fingerprint density at radius 2 is 0.609 bits per heavy atom. The Labute approximate surface area is 371 Å². The summed E-state index contributed by atoms with van der Waals surface area (Å²) in [5.74, 6) is 0. The van der Waals surface area contributed by atoms with Gasteiger partial charge in [0.15, 0.2) is 11.2 Å². The van der Waals surface area contributed by atoms with Gasteiger partial charge in [-0.1, -0.05) is 152 Å². The van der Waals surface area contributed by atoms with Gasteiger partial charge in [0.25, 0.3) is 0 Å². The number of rotatable bonds is 9. The van der Waals surface area contributed by atoms with E-state index in [-0.39, 0.29) is 0 Å². The van der Waals surface area contributed by atoms with Gasteiger partial charge in [-0.25, -0.2) is 0 Å². The number of nitrogens with zero attached hydrogens (tertiary/aromatic N) is 2. The van der Waals surface area contributed by atoms with Gasteiger partial charge >= 0.3 is 0 Å². The molecule has 0 saturated carbocycles. The molecule has 4 heteroatoms. The van der Waals surface area contributed by atoms with Crippen LogP contribution in [0, 0.1) is 0 Å². The van der Waals surface area contributed by atoms with E-state index in [0.29, 0.717) is 0 Å². The lowest BCUT2D eigenvalue weighted by Crippen LogP contribution is -2.10. The monoisotopic (exact) mass is 820 g/mol. The van der Waals surface area contributed by atoms with Crippen molar-refractivity contribution in [2.45, 2.75) is 0 Å². The summed E-state index contributed by atoms with van der Waals surface area (Å²) < 4.78 is 13.2. The topological polar surface area (TPSA) is 32.8 Å². The lowest BCUT2D eigenvalue weighted by Gasteiger charge is -2.26. The molecule has 64 heavy (non-hydrogen) atoms. The van der Waals surface area contributed by atoms with Crippen LogP contribution in [0.2, 0.25) is 0 Å². The molecule has 12 aromatic rings. The van der Waals surface area contributed by atoms with Gasteiger partial charge in [-0.2, -0.15) is 0 Å². The summed E-state index contributed by atoms with van der Waals surface area (Å²) in [7, 11) is 0. The van der Waals surface area contributed by atoms with Crippen LogP contribution in [0.3, 0.4) is 0 Å².